The quantitative estimate of drug-likeness (QED) is 0.607. The van der Waals surface area contributed by atoms with Crippen molar-refractivity contribution in [2.75, 3.05) is 17.5 Å². The Hall–Kier alpha value is -3.14. The molecule has 2 atom stereocenters. The molecule has 0 bridgehead atoms. The summed E-state index contributed by atoms with van der Waals surface area (Å²) in [6, 6.07) is 6.61. The van der Waals surface area contributed by atoms with E-state index in [9.17, 15) is 18.0 Å². The highest BCUT2D eigenvalue weighted by Crippen LogP contribution is 2.36. The molecule has 2 aromatic heterocycles. The summed E-state index contributed by atoms with van der Waals surface area (Å²) in [4.78, 5) is 32.7. The van der Waals surface area contributed by atoms with Crippen molar-refractivity contribution in [3.8, 4) is 0 Å². The molecule has 1 aliphatic heterocycles. The van der Waals surface area contributed by atoms with Gasteiger partial charge in [-0.15, -0.1) is 0 Å². The Bertz CT molecular complexity index is 1410. The second-order valence-corrected chi connectivity index (χ2v) is 10.8. The van der Waals surface area contributed by atoms with Crippen molar-refractivity contribution in [1.29, 1.82) is 0 Å². The minimum atomic E-state index is -3.55. The lowest BCUT2D eigenvalue weighted by atomic mass is 9.90. The SMILES string of the molecule is Cc1ccc(NS(C)(=O)=O)c(C(=O)N2CC[C@H](C)C[C@H]2c2cc3nc(C)c(C)c(=O)n3[nH]2)c1. The molecule has 10 heteroatoms. The molecule has 3 heterocycles. The lowest BCUT2D eigenvalue weighted by molar-refractivity contribution is 0.0552. The van der Waals surface area contributed by atoms with Gasteiger partial charge in [-0.05, 0) is 51.7 Å². The number of carbonyl (C=O) groups is 1. The van der Waals surface area contributed by atoms with Crippen LogP contribution >= 0.6 is 0 Å². The zero-order valence-electron chi connectivity index (χ0n) is 19.5. The summed E-state index contributed by atoms with van der Waals surface area (Å²) in [5.74, 6) is 0.123. The van der Waals surface area contributed by atoms with Crippen molar-refractivity contribution in [2.24, 2.45) is 5.92 Å². The van der Waals surface area contributed by atoms with Gasteiger partial charge in [0, 0.05) is 23.9 Å². The lowest BCUT2D eigenvalue weighted by Gasteiger charge is -2.38. The topological polar surface area (TPSA) is 117 Å². The number of carbonyl (C=O) groups excluding carboxylic acids is 1. The van der Waals surface area contributed by atoms with E-state index in [-0.39, 0.29) is 23.2 Å². The number of sulfonamides is 1. The molecular weight excluding hydrogens is 442 g/mol. The van der Waals surface area contributed by atoms with Gasteiger partial charge in [-0.1, -0.05) is 18.6 Å². The molecule has 2 N–H and O–H groups in total. The van der Waals surface area contributed by atoms with Gasteiger partial charge in [-0.3, -0.25) is 19.4 Å². The van der Waals surface area contributed by atoms with Gasteiger partial charge in [0.25, 0.3) is 11.5 Å². The van der Waals surface area contributed by atoms with Crippen molar-refractivity contribution >= 4 is 27.3 Å². The smallest absolute Gasteiger partial charge is 0.275 e. The van der Waals surface area contributed by atoms with Crippen molar-refractivity contribution < 1.29 is 13.2 Å². The number of nitrogens with one attached hydrogen (secondary N) is 2. The van der Waals surface area contributed by atoms with Gasteiger partial charge in [-0.2, -0.15) is 0 Å². The average molecular weight is 472 g/mol. The van der Waals surface area contributed by atoms with Crippen molar-refractivity contribution in [1.82, 2.24) is 19.5 Å². The van der Waals surface area contributed by atoms with Crippen LogP contribution < -0.4 is 10.3 Å². The fourth-order valence-electron chi connectivity index (χ4n) is 4.37. The standard InChI is InChI=1S/C23H29N5O4S/c1-13-6-7-18(26-33(5,31)32)17(10-13)23(30)27-9-8-14(2)11-20(27)19-12-21-24-16(4)15(3)22(29)28(21)25-19/h6-7,10,12,14,20,25-26H,8-9,11H2,1-5H3/t14-,20-/m0/s1. The van der Waals surface area contributed by atoms with Gasteiger partial charge in [0.1, 0.15) is 0 Å². The molecule has 176 valence electrons. The number of nitrogens with zero attached hydrogens (tertiary/aromatic N) is 3. The number of aromatic nitrogens is 3. The highest BCUT2D eigenvalue weighted by Gasteiger charge is 2.34. The molecule has 9 nitrogen and oxygen atoms in total. The Morgan fingerprint density at radius 1 is 1.21 bits per heavy atom. The first-order chi connectivity index (χ1) is 15.4. The Balaban J connectivity index is 1.78. The Labute approximate surface area is 192 Å². The van der Waals surface area contributed by atoms with Crippen LogP contribution in [0.3, 0.4) is 0 Å². The number of rotatable bonds is 4. The van der Waals surface area contributed by atoms with Crippen LogP contribution in [0.2, 0.25) is 0 Å². The molecule has 4 rings (SSSR count). The maximum atomic E-state index is 13.7. The second kappa shape index (κ2) is 8.33. The van der Waals surface area contributed by atoms with E-state index in [2.05, 4.69) is 21.7 Å². The summed E-state index contributed by atoms with van der Waals surface area (Å²) in [6.07, 6.45) is 2.61. The van der Waals surface area contributed by atoms with Crippen LogP contribution in [0.5, 0.6) is 0 Å². The number of hydrogen-bond donors (Lipinski definition) is 2. The molecular formula is C23H29N5O4S. The lowest BCUT2D eigenvalue weighted by Crippen LogP contribution is -2.41. The Morgan fingerprint density at radius 2 is 1.94 bits per heavy atom. The van der Waals surface area contributed by atoms with Gasteiger partial charge in [0.05, 0.1) is 29.2 Å². The van der Waals surface area contributed by atoms with E-state index in [1.165, 1.54) is 4.52 Å². The summed E-state index contributed by atoms with van der Waals surface area (Å²) in [6.45, 7) is 8.06. The minimum Gasteiger partial charge on any atom is -0.330 e. The van der Waals surface area contributed by atoms with E-state index < -0.39 is 10.0 Å². The Kier molecular flexibility index (Phi) is 5.81. The molecule has 0 radical (unpaired) electrons. The zero-order valence-corrected chi connectivity index (χ0v) is 20.3. The predicted molar refractivity (Wildman–Crippen MR) is 127 cm³/mol. The minimum absolute atomic E-state index is 0.163. The molecule has 1 aliphatic rings. The molecule has 0 spiro atoms. The molecule has 0 saturated carbocycles. The Morgan fingerprint density at radius 3 is 2.64 bits per heavy atom. The van der Waals surface area contributed by atoms with E-state index in [0.717, 1.165) is 23.9 Å². The number of amides is 1. The first kappa shape index (κ1) is 23.0. The first-order valence-corrected chi connectivity index (χ1v) is 12.8. The molecule has 1 saturated heterocycles. The van der Waals surface area contributed by atoms with E-state index in [1.807, 2.05) is 13.0 Å². The molecule has 33 heavy (non-hydrogen) atoms. The van der Waals surface area contributed by atoms with E-state index in [1.54, 1.807) is 36.9 Å². The van der Waals surface area contributed by atoms with Crippen LogP contribution in [-0.4, -0.2) is 46.6 Å². The van der Waals surface area contributed by atoms with Gasteiger partial charge < -0.3 is 4.90 Å². The zero-order chi connectivity index (χ0) is 24.1. The highest BCUT2D eigenvalue weighted by molar-refractivity contribution is 7.92. The average Bonchev–Trinajstić information content (AvgIpc) is 3.16. The molecule has 0 aliphatic carbocycles. The fourth-order valence-corrected chi connectivity index (χ4v) is 4.94. The van der Waals surface area contributed by atoms with Crippen molar-refractivity contribution in [3.05, 3.63) is 62.7 Å². The van der Waals surface area contributed by atoms with E-state index >= 15 is 0 Å². The van der Waals surface area contributed by atoms with Gasteiger partial charge in [0.2, 0.25) is 10.0 Å². The van der Waals surface area contributed by atoms with Gasteiger partial charge in [0.15, 0.2) is 5.65 Å². The molecule has 0 unspecified atom stereocenters. The summed E-state index contributed by atoms with van der Waals surface area (Å²) < 4.78 is 27.6. The number of piperidine rings is 1. The fraction of sp³-hybridized carbons (Fsp3) is 0.435. The number of anilines is 1. The normalized spacial score (nSPS) is 19.1. The van der Waals surface area contributed by atoms with Crippen molar-refractivity contribution in [3.63, 3.8) is 0 Å². The third-order valence-electron chi connectivity index (χ3n) is 6.29. The number of fused-ring (bicyclic) bond motifs is 1. The largest absolute Gasteiger partial charge is 0.330 e. The monoisotopic (exact) mass is 471 g/mol. The number of benzene rings is 1. The number of hydrogen-bond acceptors (Lipinski definition) is 5. The van der Waals surface area contributed by atoms with Gasteiger partial charge in [-0.25, -0.2) is 17.9 Å². The second-order valence-electron chi connectivity index (χ2n) is 9.10. The van der Waals surface area contributed by atoms with Crippen LogP contribution in [0, 0.1) is 26.7 Å². The van der Waals surface area contributed by atoms with Crippen molar-refractivity contribution in [2.45, 2.75) is 46.6 Å². The van der Waals surface area contributed by atoms with Gasteiger partial charge >= 0.3 is 0 Å². The maximum Gasteiger partial charge on any atom is 0.275 e. The van der Waals surface area contributed by atoms with Crippen LogP contribution in [0.4, 0.5) is 5.69 Å². The van der Waals surface area contributed by atoms with E-state index in [0.29, 0.717) is 41.4 Å². The number of H-pyrrole nitrogens is 1. The summed E-state index contributed by atoms with van der Waals surface area (Å²) in [5.41, 5.74) is 3.74. The maximum absolute atomic E-state index is 13.7. The molecule has 3 aromatic rings. The first-order valence-electron chi connectivity index (χ1n) is 10.9. The molecule has 1 aromatic carbocycles. The van der Waals surface area contributed by atoms with Crippen LogP contribution in [0.25, 0.3) is 5.65 Å². The van der Waals surface area contributed by atoms with Crippen LogP contribution in [0.15, 0.2) is 29.1 Å². The molecule has 1 amide bonds. The van der Waals surface area contributed by atoms with Crippen LogP contribution in [-0.2, 0) is 10.0 Å². The predicted octanol–water partition coefficient (Wildman–Crippen LogP) is 2.93. The van der Waals surface area contributed by atoms with E-state index in [4.69, 9.17) is 0 Å². The third kappa shape index (κ3) is 4.52. The highest BCUT2D eigenvalue weighted by atomic mass is 32.2. The number of likely N-dealkylation sites (tertiary alicyclic amines) is 1. The summed E-state index contributed by atoms with van der Waals surface area (Å²) in [5, 5.41) is 3.16. The number of aryl methyl sites for hydroxylation is 2. The van der Waals surface area contributed by atoms with Crippen LogP contribution in [0.1, 0.15) is 58.7 Å². The summed E-state index contributed by atoms with van der Waals surface area (Å²) >= 11 is 0. The third-order valence-corrected chi connectivity index (χ3v) is 6.88. The summed E-state index contributed by atoms with van der Waals surface area (Å²) in [7, 11) is -3.55. The number of aromatic amines is 1. The molecule has 1 fully saturated rings.